The zero-order valence-electron chi connectivity index (χ0n) is 21.6. The highest BCUT2D eigenvalue weighted by Crippen LogP contribution is 2.39. The van der Waals surface area contributed by atoms with Crippen molar-refractivity contribution in [2.45, 2.75) is 70.4 Å². The SMILES string of the molecule is COC(CNC(=N)[C@@H]1C[C@@H](O[Si](C)(C)C(C)(C)C)CN1C(=O)OCc1ccc([N+](=O)[O-])cc1)OC. The van der Waals surface area contributed by atoms with Crippen molar-refractivity contribution >= 4 is 25.9 Å². The summed E-state index contributed by atoms with van der Waals surface area (Å²) in [4.78, 5) is 24.9. The highest BCUT2D eigenvalue weighted by molar-refractivity contribution is 6.74. The Kier molecular flexibility index (Phi) is 9.78. The molecule has 2 N–H and O–H groups in total. The Balaban J connectivity index is 2.11. The van der Waals surface area contributed by atoms with Crippen LogP contribution in [0.2, 0.25) is 18.1 Å². The lowest BCUT2D eigenvalue weighted by Crippen LogP contribution is -2.47. The Bertz CT molecular complexity index is 885. The Morgan fingerprint density at radius 1 is 1.26 bits per heavy atom. The van der Waals surface area contributed by atoms with Gasteiger partial charge in [-0.05, 0) is 35.8 Å². The summed E-state index contributed by atoms with van der Waals surface area (Å²) in [6.45, 7) is 11.3. The molecule has 0 aromatic heterocycles. The van der Waals surface area contributed by atoms with E-state index in [9.17, 15) is 14.9 Å². The van der Waals surface area contributed by atoms with Crippen LogP contribution in [0.5, 0.6) is 0 Å². The van der Waals surface area contributed by atoms with Gasteiger partial charge in [0.2, 0.25) is 0 Å². The molecule has 1 aromatic carbocycles. The van der Waals surface area contributed by atoms with Gasteiger partial charge in [0.1, 0.15) is 12.4 Å². The Morgan fingerprint density at radius 2 is 1.86 bits per heavy atom. The second-order valence-corrected chi connectivity index (χ2v) is 14.8. The minimum absolute atomic E-state index is 0.00224. The quantitative estimate of drug-likeness (QED) is 0.121. The fraction of sp³-hybridized carbons (Fsp3) is 0.652. The molecule has 11 nitrogen and oxygen atoms in total. The highest BCUT2D eigenvalue weighted by Gasteiger charge is 2.45. The number of nitrogens with one attached hydrogen (secondary N) is 2. The maximum Gasteiger partial charge on any atom is 0.410 e. The van der Waals surface area contributed by atoms with Crippen LogP contribution in [-0.2, 0) is 25.2 Å². The van der Waals surface area contributed by atoms with Gasteiger partial charge in [-0.15, -0.1) is 0 Å². The molecule has 12 heteroatoms. The number of amides is 1. The van der Waals surface area contributed by atoms with Crippen molar-refractivity contribution in [3.8, 4) is 0 Å². The number of ether oxygens (including phenoxy) is 3. The number of hydrogen-bond donors (Lipinski definition) is 2. The molecular formula is C23H38N4O7Si. The second-order valence-electron chi connectivity index (χ2n) is 10.1. The van der Waals surface area contributed by atoms with Crippen LogP contribution in [-0.4, -0.2) is 75.8 Å². The minimum atomic E-state index is -2.10. The lowest BCUT2D eigenvalue weighted by Gasteiger charge is -2.38. The standard InChI is InChI=1S/C23H38N4O7Si/c1-23(2,3)35(6,7)34-18-12-19(21(24)25-13-20(31-4)32-5)26(14-18)22(28)33-15-16-8-10-17(11-9-16)27(29)30/h8-11,18-20H,12-15H2,1-7H3,(H2,24,25)/t18-,19+/m1/s1. The van der Waals surface area contributed by atoms with Crippen molar-refractivity contribution < 1.29 is 28.4 Å². The first-order chi connectivity index (χ1) is 16.3. The number of methoxy groups -OCH3 is 2. The lowest BCUT2D eigenvalue weighted by molar-refractivity contribution is -0.384. The van der Waals surface area contributed by atoms with E-state index in [1.807, 2.05) is 0 Å². The van der Waals surface area contributed by atoms with E-state index in [0.29, 0.717) is 18.5 Å². The van der Waals surface area contributed by atoms with Crippen molar-refractivity contribution in [3.63, 3.8) is 0 Å². The van der Waals surface area contributed by atoms with Crippen LogP contribution in [0.3, 0.4) is 0 Å². The number of hydrogen-bond acceptors (Lipinski definition) is 8. The predicted molar refractivity (Wildman–Crippen MR) is 134 cm³/mol. The number of carbonyl (C=O) groups is 1. The van der Waals surface area contributed by atoms with E-state index in [2.05, 4.69) is 39.2 Å². The molecule has 2 rings (SSSR count). The fourth-order valence-electron chi connectivity index (χ4n) is 3.47. The number of nitrogens with zero attached hydrogens (tertiary/aromatic N) is 2. The molecule has 1 heterocycles. The number of likely N-dealkylation sites (tertiary alicyclic amines) is 1. The van der Waals surface area contributed by atoms with E-state index < -0.39 is 31.7 Å². The van der Waals surface area contributed by atoms with E-state index in [1.54, 1.807) is 12.1 Å². The minimum Gasteiger partial charge on any atom is -0.445 e. The molecule has 0 saturated carbocycles. The molecule has 0 unspecified atom stereocenters. The summed E-state index contributed by atoms with van der Waals surface area (Å²) in [5, 5.41) is 22.4. The number of carbonyl (C=O) groups excluding carboxylic acids is 1. The van der Waals surface area contributed by atoms with Gasteiger partial charge in [-0.25, -0.2) is 4.79 Å². The van der Waals surface area contributed by atoms with Crippen LogP contribution in [0.1, 0.15) is 32.8 Å². The molecule has 0 radical (unpaired) electrons. The van der Waals surface area contributed by atoms with Crippen molar-refractivity contribution in [2.75, 3.05) is 27.3 Å². The fourth-order valence-corrected chi connectivity index (χ4v) is 4.83. The van der Waals surface area contributed by atoms with Gasteiger partial charge in [0.15, 0.2) is 14.6 Å². The zero-order valence-corrected chi connectivity index (χ0v) is 22.6. The van der Waals surface area contributed by atoms with Gasteiger partial charge in [-0.1, -0.05) is 20.8 Å². The molecule has 0 aliphatic carbocycles. The van der Waals surface area contributed by atoms with Gasteiger partial charge < -0.3 is 24.0 Å². The average Bonchev–Trinajstić information content (AvgIpc) is 3.20. The molecule has 1 amide bonds. The van der Waals surface area contributed by atoms with Gasteiger partial charge in [0, 0.05) is 39.3 Å². The topological polar surface area (TPSA) is 136 Å². The summed E-state index contributed by atoms with van der Waals surface area (Å²) in [5.74, 6) is 0.151. The maximum atomic E-state index is 13.0. The van der Waals surface area contributed by atoms with Crippen molar-refractivity contribution in [1.29, 1.82) is 5.41 Å². The van der Waals surface area contributed by atoms with Gasteiger partial charge in [-0.2, -0.15) is 0 Å². The molecule has 1 saturated heterocycles. The first-order valence-electron chi connectivity index (χ1n) is 11.5. The third-order valence-corrected chi connectivity index (χ3v) is 11.1. The first kappa shape index (κ1) is 28.7. The molecule has 1 aliphatic heterocycles. The van der Waals surface area contributed by atoms with E-state index in [0.717, 1.165) is 0 Å². The van der Waals surface area contributed by atoms with Crippen LogP contribution in [0, 0.1) is 15.5 Å². The van der Waals surface area contributed by atoms with Crippen molar-refractivity contribution in [3.05, 3.63) is 39.9 Å². The second kappa shape index (κ2) is 11.9. The highest BCUT2D eigenvalue weighted by atomic mass is 28.4. The Labute approximate surface area is 207 Å². The normalized spacial score (nSPS) is 18.6. The first-order valence-corrected chi connectivity index (χ1v) is 14.4. The van der Waals surface area contributed by atoms with Crippen LogP contribution < -0.4 is 5.32 Å². The van der Waals surface area contributed by atoms with Gasteiger partial charge in [0.05, 0.1) is 23.6 Å². The maximum absolute atomic E-state index is 13.0. The van der Waals surface area contributed by atoms with Crippen LogP contribution in [0.15, 0.2) is 24.3 Å². The number of nitro benzene ring substituents is 1. The van der Waals surface area contributed by atoms with Gasteiger partial charge >= 0.3 is 6.09 Å². The molecule has 0 bridgehead atoms. The van der Waals surface area contributed by atoms with Crippen LogP contribution in [0.25, 0.3) is 0 Å². The number of amidine groups is 1. The number of nitro groups is 1. The summed E-state index contributed by atoms with van der Waals surface area (Å²) in [6, 6.07) is 5.29. The summed E-state index contributed by atoms with van der Waals surface area (Å²) < 4.78 is 22.4. The van der Waals surface area contributed by atoms with Crippen LogP contribution >= 0.6 is 0 Å². The summed E-state index contributed by atoms with van der Waals surface area (Å²) in [7, 11) is 0.931. The molecule has 1 aliphatic rings. The number of non-ortho nitro benzene ring substituents is 1. The number of rotatable bonds is 10. The van der Waals surface area contributed by atoms with Gasteiger partial charge in [0.25, 0.3) is 5.69 Å². The van der Waals surface area contributed by atoms with Crippen LogP contribution in [0.4, 0.5) is 10.5 Å². The largest absolute Gasteiger partial charge is 0.445 e. The average molecular weight is 511 g/mol. The third-order valence-electron chi connectivity index (χ3n) is 6.59. The summed E-state index contributed by atoms with van der Waals surface area (Å²) >= 11 is 0. The lowest BCUT2D eigenvalue weighted by atomic mass is 10.2. The van der Waals surface area contributed by atoms with E-state index in [-0.39, 0.29) is 35.8 Å². The van der Waals surface area contributed by atoms with E-state index in [4.69, 9.17) is 24.0 Å². The van der Waals surface area contributed by atoms with Gasteiger partial charge in [-0.3, -0.25) is 20.4 Å². The number of benzene rings is 1. The monoisotopic (exact) mass is 510 g/mol. The predicted octanol–water partition coefficient (Wildman–Crippen LogP) is 3.88. The summed E-state index contributed by atoms with van der Waals surface area (Å²) in [6.07, 6.45) is -0.860. The molecular weight excluding hydrogens is 472 g/mol. The zero-order chi connectivity index (χ0) is 26.4. The molecule has 1 fully saturated rings. The van der Waals surface area contributed by atoms with E-state index in [1.165, 1.54) is 31.3 Å². The third kappa shape index (κ3) is 7.72. The molecule has 1 aromatic rings. The Morgan fingerprint density at radius 3 is 2.37 bits per heavy atom. The Hall–Kier alpha value is -2.54. The molecule has 0 spiro atoms. The summed E-state index contributed by atoms with van der Waals surface area (Å²) in [5.41, 5.74) is 0.597. The molecule has 196 valence electrons. The van der Waals surface area contributed by atoms with Crippen molar-refractivity contribution in [2.24, 2.45) is 0 Å². The molecule has 2 atom stereocenters. The van der Waals surface area contributed by atoms with E-state index >= 15 is 0 Å². The smallest absolute Gasteiger partial charge is 0.410 e. The van der Waals surface area contributed by atoms with Crippen molar-refractivity contribution in [1.82, 2.24) is 10.2 Å². The molecule has 35 heavy (non-hydrogen) atoms.